The van der Waals surface area contributed by atoms with Gasteiger partial charge in [-0.2, -0.15) is 9.61 Å². The van der Waals surface area contributed by atoms with Crippen molar-refractivity contribution >= 4 is 16.3 Å². The van der Waals surface area contributed by atoms with Crippen LogP contribution in [0.2, 0.25) is 0 Å². The molecule has 4 aromatic rings. The summed E-state index contributed by atoms with van der Waals surface area (Å²) in [5.74, 6) is 2.97. The van der Waals surface area contributed by atoms with Crippen LogP contribution in [0.3, 0.4) is 0 Å². The van der Waals surface area contributed by atoms with Gasteiger partial charge in [-0.05, 0) is 18.2 Å². The van der Waals surface area contributed by atoms with Gasteiger partial charge < -0.3 is 14.0 Å². The highest BCUT2D eigenvalue weighted by Gasteiger charge is 2.18. The minimum absolute atomic E-state index is 0.236. The van der Waals surface area contributed by atoms with E-state index in [2.05, 4.69) is 34.3 Å². The molecule has 0 aliphatic heterocycles. The first-order chi connectivity index (χ1) is 12.6. The summed E-state index contributed by atoms with van der Waals surface area (Å²) in [5.41, 5.74) is 1.49. The van der Waals surface area contributed by atoms with Gasteiger partial charge in [0.1, 0.15) is 5.69 Å². The molecule has 0 saturated heterocycles. The van der Waals surface area contributed by atoms with E-state index in [4.69, 9.17) is 14.0 Å². The average Bonchev–Trinajstić information content (AvgIpc) is 3.35. The zero-order valence-electron chi connectivity index (χ0n) is 14.8. The Bertz CT molecular complexity index is 1070. The third-order valence-electron chi connectivity index (χ3n) is 3.93. The number of hydrogen-bond acceptors (Lipinski definition) is 8. The van der Waals surface area contributed by atoms with E-state index in [0.29, 0.717) is 23.0 Å². The average molecular weight is 371 g/mol. The fraction of sp³-hybridized carbons (Fsp3) is 0.294. The Hall–Kier alpha value is -2.94. The molecule has 0 aliphatic carbocycles. The molecule has 0 unspecified atom stereocenters. The first-order valence-corrected chi connectivity index (χ1v) is 8.84. The van der Waals surface area contributed by atoms with Crippen molar-refractivity contribution in [3.8, 4) is 33.5 Å². The van der Waals surface area contributed by atoms with Crippen molar-refractivity contribution in [1.82, 2.24) is 25.0 Å². The fourth-order valence-electron chi connectivity index (χ4n) is 2.60. The molecule has 0 saturated carbocycles. The van der Waals surface area contributed by atoms with Crippen molar-refractivity contribution in [2.45, 2.75) is 19.8 Å². The number of rotatable bonds is 5. The Balaban J connectivity index is 1.70. The van der Waals surface area contributed by atoms with Crippen LogP contribution in [0.25, 0.3) is 27.0 Å². The molecule has 0 radical (unpaired) electrons. The predicted molar refractivity (Wildman–Crippen MR) is 96.8 cm³/mol. The highest BCUT2D eigenvalue weighted by molar-refractivity contribution is 7.19. The number of aromatic nitrogens is 5. The van der Waals surface area contributed by atoms with Gasteiger partial charge in [0.25, 0.3) is 0 Å². The maximum atomic E-state index is 5.50. The molecule has 4 rings (SSSR count). The number of methoxy groups -OCH3 is 2. The van der Waals surface area contributed by atoms with Crippen LogP contribution in [-0.2, 0) is 0 Å². The monoisotopic (exact) mass is 371 g/mol. The van der Waals surface area contributed by atoms with Crippen molar-refractivity contribution < 1.29 is 14.0 Å². The molecule has 3 aromatic heterocycles. The second kappa shape index (κ2) is 6.41. The lowest BCUT2D eigenvalue weighted by Crippen LogP contribution is -1.97. The summed E-state index contributed by atoms with van der Waals surface area (Å²) in [7, 11) is 3.20. The van der Waals surface area contributed by atoms with Gasteiger partial charge in [-0.1, -0.05) is 30.3 Å². The first kappa shape index (κ1) is 16.5. The zero-order valence-corrected chi connectivity index (χ0v) is 15.6. The summed E-state index contributed by atoms with van der Waals surface area (Å²) in [5, 5.41) is 17.8. The van der Waals surface area contributed by atoms with Gasteiger partial charge in [0.2, 0.25) is 4.96 Å². The van der Waals surface area contributed by atoms with Gasteiger partial charge in [-0.3, -0.25) is 0 Å². The summed E-state index contributed by atoms with van der Waals surface area (Å²) >= 11 is 1.42. The smallest absolute Gasteiger partial charge is 0.235 e. The van der Waals surface area contributed by atoms with Crippen molar-refractivity contribution in [2.24, 2.45) is 0 Å². The highest BCUT2D eigenvalue weighted by Crippen LogP contribution is 2.34. The molecular formula is C17H17N5O3S. The molecule has 0 fully saturated rings. The lowest BCUT2D eigenvalue weighted by Gasteiger charge is -2.07. The van der Waals surface area contributed by atoms with Crippen LogP contribution in [0.4, 0.5) is 0 Å². The van der Waals surface area contributed by atoms with E-state index in [1.807, 2.05) is 24.3 Å². The van der Waals surface area contributed by atoms with Crippen LogP contribution in [-0.4, -0.2) is 39.2 Å². The number of benzene rings is 1. The van der Waals surface area contributed by atoms with E-state index in [1.165, 1.54) is 11.3 Å². The highest BCUT2D eigenvalue weighted by atomic mass is 32.1. The third kappa shape index (κ3) is 2.70. The number of fused-ring (bicyclic) bond motifs is 1. The van der Waals surface area contributed by atoms with E-state index < -0.39 is 0 Å². The lowest BCUT2D eigenvalue weighted by atomic mass is 10.1. The molecule has 0 aliphatic rings. The topological polar surface area (TPSA) is 87.6 Å². The number of nitrogens with zero attached hydrogens (tertiary/aromatic N) is 5. The molecule has 134 valence electrons. The minimum Gasteiger partial charge on any atom is -0.493 e. The van der Waals surface area contributed by atoms with E-state index in [1.54, 1.807) is 18.7 Å². The number of ether oxygens (including phenoxy) is 2. The van der Waals surface area contributed by atoms with Gasteiger partial charge >= 0.3 is 0 Å². The molecule has 1 aromatic carbocycles. The molecule has 0 spiro atoms. The summed E-state index contributed by atoms with van der Waals surface area (Å²) in [6.07, 6.45) is 0. The van der Waals surface area contributed by atoms with Crippen LogP contribution >= 0.6 is 11.3 Å². The Labute approximate surface area is 153 Å². The van der Waals surface area contributed by atoms with Gasteiger partial charge in [-0.25, -0.2) is 0 Å². The third-order valence-corrected chi connectivity index (χ3v) is 4.85. The fourth-order valence-corrected chi connectivity index (χ4v) is 3.40. The summed E-state index contributed by atoms with van der Waals surface area (Å²) in [4.78, 5) is 0.736. The molecule has 0 N–H and O–H groups in total. The normalized spacial score (nSPS) is 11.4. The Kier molecular flexibility index (Phi) is 4.08. The molecular weight excluding hydrogens is 354 g/mol. The van der Waals surface area contributed by atoms with Gasteiger partial charge in [-0.15, -0.1) is 10.2 Å². The van der Waals surface area contributed by atoms with Crippen LogP contribution in [0.15, 0.2) is 28.8 Å². The first-order valence-electron chi connectivity index (χ1n) is 8.02. The predicted octanol–water partition coefficient (Wildman–Crippen LogP) is 3.65. The largest absolute Gasteiger partial charge is 0.493 e. The molecule has 3 heterocycles. The van der Waals surface area contributed by atoms with Crippen molar-refractivity contribution in [1.29, 1.82) is 0 Å². The molecule has 8 nitrogen and oxygen atoms in total. The van der Waals surface area contributed by atoms with Gasteiger partial charge in [0.05, 0.1) is 14.2 Å². The van der Waals surface area contributed by atoms with Crippen molar-refractivity contribution in [3.63, 3.8) is 0 Å². The summed E-state index contributed by atoms with van der Waals surface area (Å²) in [6.45, 7) is 4.11. The SMILES string of the molecule is COc1ccc(-c2cc(-c3nn4c(C(C)C)nnc4s3)no2)cc1OC. The second-order valence-corrected chi connectivity index (χ2v) is 6.92. The van der Waals surface area contributed by atoms with Crippen molar-refractivity contribution in [3.05, 3.63) is 30.1 Å². The van der Waals surface area contributed by atoms with E-state index in [-0.39, 0.29) is 5.92 Å². The maximum Gasteiger partial charge on any atom is 0.235 e. The van der Waals surface area contributed by atoms with Crippen LogP contribution in [0, 0.1) is 0 Å². The van der Waals surface area contributed by atoms with Crippen molar-refractivity contribution in [2.75, 3.05) is 14.2 Å². The van der Waals surface area contributed by atoms with Crippen LogP contribution < -0.4 is 9.47 Å². The van der Waals surface area contributed by atoms with Crippen LogP contribution in [0.1, 0.15) is 25.6 Å². The molecule has 9 heteroatoms. The Morgan fingerprint density at radius 1 is 1.08 bits per heavy atom. The summed E-state index contributed by atoms with van der Waals surface area (Å²) < 4.78 is 17.9. The van der Waals surface area contributed by atoms with E-state index in [9.17, 15) is 0 Å². The zero-order chi connectivity index (χ0) is 18.3. The molecule has 26 heavy (non-hydrogen) atoms. The van der Waals surface area contributed by atoms with Gasteiger partial charge in [0, 0.05) is 17.5 Å². The standard InChI is InChI=1S/C17H17N5O3S/c1-9(2)15-18-19-17-22(15)20-16(26-17)11-8-13(25-21-11)10-5-6-12(23-3)14(7-10)24-4/h5-9H,1-4H3. The maximum absolute atomic E-state index is 5.50. The van der Waals surface area contributed by atoms with Crippen LogP contribution in [0.5, 0.6) is 11.5 Å². The number of hydrogen-bond donors (Lipinski definition) is 0. The van der Waals surface area contributed by atoms with E-state index in [0.717, 1.165) is 21.4 Å². The quantitative estimate of drug-likeness (QED) is 0.529. The van der Waals surface area contributed by atoms with Gasteiger partial charge in [0.15, 0.2) is 28.1 Å². The van der Waals surface area contributed by atoms with E-state index >= 15 is 0 Å². The molecule has 0 amide bonds. The minimum atomic E-state index is 0.236. The Morgan fingerprint density at radius 2 is 1.88 bits per heavy atom. The Morgan fingerprint density at radius 3 is 2.62 bits per heavy atom. The summed E-state index contributed by atoms with van der Waals surface area (Å²) in [6, 6.07) is 7.41. The molecule has 0 bridgehead atoms. The molecule has 0 atom stereocenters. The second-order valence-electron chi connectivity index (χ2n) is 5.96. The lowest BCUT2D eigenvalue weighted by molar-refractivity contribution is 0.355.